The molecule has 0 fully saturated rings. The maximum absolute atomic E-state index is 12.5. The number of benzene rings is 3. The van der Waals surface area contributed by atoms with E-state index in [0.717, 1.165) is 4.90 Å². The number of hydrogen-bond acceptors (Lipinski definition) is 7. The maximum atomic E-state index is 12.5. The monoisotopic (exact) mass is 454 g/mol. The molecule has 7 nitrogen and oxygen atoms in total. The highest BCUT2D eigenvalue weighted by Gasteiger charge is 2.15. The highest BCUT2D eigenvalue weighted by atomic mass is 32.2. The van der Waals surface area contributed by atoms with Crippen molar-refractivity contribution in [3.05, 3.63) is 83.9 Å². The molecule has 0 aliphatic heterocycles. The number of carbonyl (C=O) groups excluding carboxylic acids is 1. The third-order valence-electron chi connectivity index (χ3n) is 4.07. The van der Waals surface area contributed by atoms with Crippen molar-refractivity contribution in [2.45, 2.75) is 14.7 Å². The van der Waals surface area contributed by atoms with Gasteiger partial charge in [-0.05, 0) is 48.5 Å². The van der Waals surface area contributed by atoms with E-state index in [9.17, 15) is 18.5 Å². The SMILES string of the molecule is N#Cc1ccccc1Sc1ccccc1C(=O)OCCOc1ccc(S(N)(=O)=O)cc1. The quantitative estimate of drug-likeness (QED) is 0.408. The van der Waals surface area contributed by atoms with E-state index in [1.54, 1.807) is 30.3 Å². The molecular formula is C22H18N2O5S2. The smallest absolute Gasteiger partial charge is 0.339 e. The van der Waals surface area contributed by atoms with Crippen LogP contribution < -0.4 is 9.88 Å². The van der Waals surface area contributed by atoms with Crippen molar-refractivity contribution >= 4 is 27.8 Å². The molecule has 0 aliphatic rings. The molecule has 3 aromatic carbocycles. The van der Waals surface area contributed by atoms with Crippen LogP contribution in [-0.2, 0) is 14.8 Å². The molecule has 0 atom stereocenters. The molecule has 0 bridgehead atoms. The molecule has 9 heteroatoms. The Morgan fingerprint density at radius 3 is 2.26 bits per heavy atom. The number of hydrogen-bond donors (Lipinski definition) is 1. The van der Waals surface area contributed by atoms with Crippen LogP contribution in [0.25, 0.3) is 0 Å². The Labute approximate surface area is 184 Å². The van der Waals surface area contributed by atoms with Crippen LogP contribution in [0.3, 0.4) is 0 Å². The van der Waals surface area contributed by atoms with Crippen molar-refractivity contribution < 1.29 is 22.7 Å². The first kappa shape index (κ1) is 22.4. The molecule has 0 amide bonds. The number of primary sulfonamides is 1. The summed E-state index contributed by atoms with van der Waals surface area (Å²) in [6.07, 6.45) is 0. The van der Waals surface area contributed by atoms with E-state index in [2.05, 4.69) is 6.07 Å². The average Bonchev–Trinajstić information content (AvgIpc) is 2.77. The van der Waals surface area contributed by atoms with Gasteiger partial charge in [-0.25, -0.2) is 18.4 Å². The Bertz CT molecular complexity index is 1220. The van der Waals surface area contributed by atoms with Gasteiger partial charge >= 0.3 is 5.97 Å². The number of nitrogens with two attached hydrogens (primary N) is 1. The lowest BCUT2D eigenvalue weighted by Crippen LogP contribution is -2.13. The lowest BCUT2D eigenvalue weighted by molar-refractivity contribution is 0.0446. The molecule has 0 radical (unpaired) electrons. The summed E-state index contributed by atoms with van der Waals surface area (Å²) in [4.78, 5) is 13.9. The van der Waals surface area contributed by atoms with Gasteiger partial charge in [-0.15, -0.1) is 0 Å². The highest BCUT2D eigenvalue weighted by molar-refractivity contribution is 7.99. The van der Waals surface area contributed by atoms with E-state index in [1.165, 1.54) is 36.0 Å². The Hall–Kier alpha value is -3.32. The summed E-state index contributed by atoms with van der Waals surface area (Å²) in [6.45, 7) is 0.0938. The van der Waals surface area contributed by atoms with Crippen LogP contribution in [0.2, 0.25) is 0 Å². The maximum Gasteiger partial charge on any atom is 0.339 e. The summed E-state index contributed by atoms with van der Waals surface area (Å²) >= 11 is 1.32. The molecule has 2 N–H and O–H groups in total. The molecule has 0 saturated heterocycles. The van der Waals surface area contributed by atoms with E-state index in [-0.39, 0.29) is 18.1 Å². The first-order valence-corrected chi connectivity index (χ1v) is 11.4. The summed E-state index contributed by atoms with van der Waals surface area (Å²) in [5.41, 5.74) is 0.912. The summed E-state index contributed by atoms with van der Waals surface area (Å²) in [5, 5.41) is 14.3. The van der Waals surface area contributed by atoms with Gasteiger partial charge in [0.15, 0.2) is 0 Å². The van der Waals surface area contributed by atoms with Crippen molar-refractivity contribution in [1.29, 1.82) is 5.26 Å². The third-order valence-corrected chi connectivity index (χ3v) is 6.15. The zero-order valence-electron chi connectivity index (χ0n) is 16.2. The summed E-state index contributed by atoms with van der Waals surface area (Å²) in [6, 6.07) is 21.9. The minimum atomic E-state index is -3.76. The summed E-state index contributed by atoms with van der Waals surface area (Å²) < 4.78 is 33.3. The normalized spacial score (nSPS) is 10.8. The Morgan fingerprint density at radius 1 is 0.935 bits per heavy atom. The zero-order chi connectivity index (χ0) is 22.3. The van der Waals surface area contributed by atoms with E-state index in [1.807, 2.05) is 18.2 Å². The number of rotatable bonds is 8. The van der Waals surface area contributed by atoms with Crippen molar-refractivity contribution in [2.24, 2.45) is 5.14 Å². The van der Waals surface area contributed by atoms with E-state index in [0.29, 0.717) is 21.8 Å². The van der Waals surface area contributed by atoms with Crippen molar-refractivity contribution in [3.8, 4) is 11.8 Å². The van der Waals surface area contributed by atoms with Gasteiger partial charge in [-0.1, -0.05) is 36.0 Å². The second kappa shape index (κ2) is 10.1. The van der Waals surface area contributed by atoms with Gasteiger partial charge < -0.3 is 9.47 Å². The molecule has 158 valence electrons. The second-order valence-electron chi connectivity index (χ2n) is 6.21. The number of nitriles is 1. The van der Waals surface area contributed by atoms with Gasteiger partial charge in [0.2, 0.25) is 10.0 Å². The van der Waals surface area contributed by atoms with Crippen LogP contribution in [0.4, 0.5) is 0 Å². The number of ether oxygens (including phenoxy) is 2. The number of sulfonamides is 1. The minimum Gasteiger partial charge on any atom is -0.490 e. The minimum absolute atomic E-state index is 0.00353. The molecular weight excluding hydrogens is 436 g/mol. The lowest BCUT2D eigenvalue weighted by atomic mass is 10.2. The van der Waals surface area contributed by atoms with Crippen LogP contribution in [0.1, 0.15) is 15.9 Å². The number of carbonyl (C=O) groups is 1. The average molecular weight is 455 g/mol. The van der Waals surface area contributed by atoms with Gasteiger partial charge in [0.1, 0.15) is 25.0 Å². The van der Waals surface area contributed by atoms with Crippen LogP contribution in [0.15, 0.2) is 87.5 Å². The fourth-order valence-corrected chi connectivity index (χ4v) is 4.12. The third kappa shape index (κ3) is 6.08. The van der Waals surface area contributed by atoms with Crippen LogP contribution in [-0.4, -0.2) is 27.6 Å². The largest absolute Gasteiger partial charge is 0.490 e. The van der Waals surface area contributed by atoms with Crippen molar-refractivity contribution in [1.82, 2.24) is 0 Å². The predicted octanol–water partition coefficient (Wildman–Crippen LogP) is 3.59. The highest BCUT2D eigenvalue weighted by Crippen LogP contribution is 2.32. The van der Waals surface area contributed by atoms with E-state index >= 15 is 0 Å². The zero-order valence-corrected chi connectivity index (χ0v) is 17.9. The summed E-state index contributed by atoms with van der Waals surface area (Å²) in [5.74, 6) is -0.0850. The van der Waals surface area contributed by atoms with Gasteiger partial charge in [0.05, 0.1) is 16.0 Å². The summed E-state index contributed by atoms with van der Waals surface area (Å²) in [7, 11) is -3.76. The van der Waals surface area contributed by atoms with Gasteiger partial charge in [0.25, 0.3) is 0 Å². The first-order valence-electron chi connectivity index (χ1n) is 9.07. The van der Waals surface area contributed by atoms with Crippen LogP contribution in [0.5, 0.6) is 5.75 Å². The van der Waals surface area contributed by atoms with Crippen molar-refractivity contribution in [3.63, 3.8) is 0 Å². The fourth-order valence-electron chi connectivity index (χ4n) is 2.59. The molecule has 0 heterocycles. The molecule has 0 unspecified atom stereocenters. The number of esters is 1. The Morgan fingerprint density at radius 2 is 1.58 bits per heavy atom. The van der Waals surface area contributed by atoms with E-state index < -0.39 is 16.0 Å². The van der Waals surface area contributed by atoms with Crippen LogP contribution >= 0.6 is 11.8 Å². The van der Waals surface area contributed by atoms with E-state index in [4.69, 9.17) is 14.6 Å². The molecule has 0 saturated carbocycles. The molecule has 0 spiro atoms. The first-order chi connectivity index (χ1) is 14.9. The molecule has 3 aromatic rings. The standard InChI is InChI=1S/C22H18N2O5S2/c23-15-16-5-1-3-7-20(16)30-21-8-4-2-6-19(21)22(25)29-14-13-28-17-9-11-18(12-10-17)31(24,26)27/h1-12H,13-14H2,(H2,24,26,27). The van der Waals surface area contributed by atoms with Gasteiger partial charge in [-0.3, -0.25) is 0 Å². The number of nitrogens with zero attached hydrogens (tertiary/aromatic N) is 1. The topological polar surface area (TPSA) is 119 Å². The second-order valence-corrected chi connectivity index (χ2v) is 8.85. The lowest BCUT2D eigenvalue weighted by Gasteiger charge is -2.11. The fraction of sp³-hybridized carbons (Fsp3) is 0.0909. The van der Waals surface area contributed by atoms with Crippen LogP contribution in [0, 0.1) is 11.3 Å². The molecule has 0 aliphatic carbocycles. The van der Waals surface area contributed by atoms with Crippen molar-refractivity contribution in [2.75, 3.05) is 13.2 Å². The predicted molar refractivity (Wildman–Crippen MR) is 115 cm³/mol. The van der Waals surface area contributed by atoms with Gasteiger partial charge in [-0.2, -0.15) is 5.26 Å². The van der Waals surface area contributed by atoms with Gasteiger partial charge in [0, 0.05) is 9.79 Å². The Balaban J connectivity index is 1.58. The molecule has 31 heavy (non-hydrogen) atoms. The Kier molecular flexibility index (Phi) is 7.31. The molecule has 3 rings (SSSR count). The molecule has 0 aromatic heterocycles.